The van der Waals surface area contributed by atoms with E-state index in [-0.39, 0.29) is 5.56 Å². The Labute approximate surface area is 75.7 Å². The Bertz CT molecular complexity index is 355. The summed E-state index contributed by atoms with van der Waals surface area (Å²) in [6.07, 6.45) is 1.56. The third-order valence-electron chi connectivity index (χ3n) is 1.50. The van der Waals surface area contributed by atoms with Crippen LogP contribution >= 0.6 is 0 Å². The first-order valence-electron chi connectivity index (χ1n) is 3.98. The molecule has 0 aliphatic carbocycles. The molecule has 0 saturated carbocycles. The van der Waals surface area contributed by atoms with E-state index in [0.29, 0.717) is 17.9 Å². The summed E-state index contributed by atoms with van der Waals surface area (Å²) in [6.45, 7) is 2.51. The highest BCUT2D eigenvalue weighted by Crippen LogP contribution is 1.93. The zero-order valence-electron chi connectivity index (χ0n) is 7.37. The number of nitrogens with zero attached hydrogens (tertiary/aromatic N) is 1. The molecule has 1 rings (SSSR count). The van der Waals surface area contributed by atoms with E-state index in [4.69, 9.17) is 5.84 Å². The zero-order valence-corrected chi connectivity index (χ0v) is 7.37. The van der Waals surface area contributed by atoms with Crippen molar-refractivity contribution in [2.45, 2.75) is 6.92 Å². The minimum absolute atomic E-state index is 0.170. The molecule has 0 atom stereocenters. The van der Waals surface area contributed by atoms with Gasteiger partial charge in [0.2, 0.25) is 5.56 Å². The largest absolute Gasteiger partial charge is 0.329 e. The molecule has 0 aliphatic heterocycles. The summed E-state index contributed by atoms with van der Waals surface area (Å²) in [6, 6.07) is 3.17. The van der Waals surface area contributed by atoms with E-state index in [1.54, 1.807) is 12.3 Å². The second-order valence-corrected chi connectivity index (χ2v) is 2.41. The number of hydrazine groups is 1. The molecule has 4 N–H and O–H groups in total. The summed E-state index contributed by atoms with van der Waals surface area (Å²) in [5, 5.41) is 0. The van der Waals surface area contributed by atoms with Gasteiger partial charge in [0.25, 0.3) is 0 Å². The maximum atomic E-state index is 10.9. The fourth-order valence-corrected chi connectivity index (χ4v) is 0.970. The van der Waals surface area contributed by atoms with Crippen LogP contribution in [0.25, 0.3) is 0 Å². The van der Waals surface area contributed by atoms with E-state index in [0.717, 1.165) is 0 Å². The standard InChI is InChI=1S/C8H12N4O/c1-2-10-8(12-9)6-3-4-11-7(13)5-6/h3-5H,2,9H2,1H3,(H,10,12)(H,11,13). The van der Waals surface area contributed by atoms with Crippen LogP contribution in [0.2, 0.25) is 0 Å². The van der Waals surface area contributed by atoms with Gasteiger partial charge in [0.05, 0.1) is 0 Å². The van der Waals surface area contributed by atoms with Crippen molar-refractivity contribution in [3.63, 3.8) is 0 Å². The van der Waals surface area contributed by atoms with E-state index in [1.165, 1.54) is 6.07 Å². The van der Waals surface area contributed by atoms with Crippen LogP contribution in [0.4, 0.5) is 0 Å². The molecule has 0 amide bonds. The van der Waals surface area contributed by atoms with Crippen molar-refractivity contribution in [3.05, 3.63) is 34.2 Å². The van der Waals surface area contributed by atoms with Crippen molar-refractivity contribution in [2.24, 2.45) is 10.8 Å². The summed E-state index contributed by atoms with van der Waals surface area (Å²) in [5.41, 5.74) is 2.96. The van der Waals surface area contributed by atoms with Crippen LogP contribution in [0.5, 0.6) is 0 Å². The lowest BCUT2D eigenvalue weighted by atomic mass is 10.2. The molecule has 1 heterocycles. The number of nitrogens with two attached hydrogens (primary N) is 1. The lowest BCUT2D eigenvalue weighted by molar-refractivity contribution is 0.989. The van der Waals surface area contributed by atoms with E-state index in [1.807, 2.05) is 6.92 Å². The van der Waals surface area contributed by atoms with Crippen molar-refractivity contribution >= 4 is 5.84 Å². The normalized spacial score (nSPS) is 11.4. The van der Waals surface area contributed by atoms with Gasteiger partial charge in [-0.2, -0.15) is 0 Å². The van der Waals surface area contributed by atoms with Crippen molar-refractivity contribution < 1.29 is 0 Å². The molecule has 0 spiro atoms. The third kappa shape index (κ3) is 2.41. The second-order valence-electron chi connectivity index (χ2n) is 2.41. The fourth-order valence-electron chi connectivity index (χ4n) is 0.970. The van der Waals surface area contributed by atoms with Gasteiger partial charge in [0.15, 0.2) is 0 Å². The molecule has 0 radical (unpaired) electrons. The summed E-state index contributed by atoms with van der Waals surface area (Å²) in [4.78, 5) is 17.5. The molecule has 13 heavy (non-hydrogen) atoms. The number of hydrogen-bond donors (Lipinski definition) is 3. The smallest absolute Gasteiger partial charge is 0.248 e. The number of amidine groups is 1. The summed E-state index contributed by atoms with van der Waals surface area (Å²) >= 11 is 0. The highest BCUT2D eigenvalue weighted by atomic mass is 16.1. The van der Waals surface area contributed by atoms with Gasteiger partial charge in [-0.1, -0.05) is 0 Å². The highest BCUT2D eigenvalue weighted by molar-refractivity contribution is 5.98. The minimum atomic E-state index is -0.170. The first-order chi connectivity index (χ1) is 6.27. The van der Waals surface area contributed by atoms with Gasteiger partial charge in [-0.25, -0.2) is 5.84 Å². The zero-order chi connectivity index (χ0) is 9.68. The maximum absolute atomic E-state index is 10.9. The van der Waals surface area contributed by atoms with Gasteiger partial charge in [0.1, 0.15) is 5.84 Å². The second kappa shape index (κ2) is 4.42. The lowest BCUT2D eigenvalue weighted by Crippen LogP contribution is -2.32. The van der Waals surface area contributed by atoms with Crippen LogP contribution in [-0.2, 0) is 0 Å². The van der Waals surface area contributed by atoms with Crippen molar-refractivity contribution in [1.29, 1.82) is 0 Å². The van der Waals surface area contributed by atoms with E-state index in [9.17, 15) is 4.79 Å². The molecule has 0 aliphatic rings. The molecule has 0 aromatic carbocycles. The van der Waals surface area contributed by atoms with Crippen molar-refractivity contribution in [3.8, 4) is 0 Å². The molecule has 5 nitrogen and oxygen atoms in total. The number of hydrogen-bond acceptors (Lipinski definition) is 3. The topological polar surface area (TPSA) is 83.3 Å². The molecule has 1 aromatic heterocycles. The quantitative estimate of drug-likeness (QED) is 0.251. The fraction of sp³-hybridized carbons (Fsp3) is 0.250. The number of pyridine rings is 1. The van der Waals surface area contributed by atoms with Crippen LogP contribution in [0.3, 0.4) is 0 Å². The summed E-state index contributed by atoms with van der Waals surface area (Å²) in [5.74, 6) is 5.77. The predicted octanol–water partition coefficient (Wildman–Crippen LogP) is -0.395. The lowest BCUT2D eigenvalue weighted by Gasteiger charge is -2.03. The number of H-pyrrole nitrogens is 1. The molecule has 70 valence electrons. The Morgan fingerprint density at radius 2 is 2.54 bits per heavy atom. The van der Waals surface area contributed by atoms with Crippen molar-refractivity contribution in [1.82, 2.24) is 10.4 Å². The number of aromatic amines is 1. The number of rotatable bonds is 2. The van der Waals surface area contributed by atoms with Crippen LogP contribution in [-0.4, -0.2) is 17.4 Å². The third-order valence-corrected chi connectivity index (χ3v) is 1.50. The SMILES string of the molecule is CCN=C(NN)c1cc[nH]c(=O)c1. The Kier molecular flexibility index (Phi) is 3.22. The van der Waals surface area contributed by atoms with Crippen molar-refractivity contribution in [2.75, 3.05) is 6.54 Å². The van der Waals surface area contributed by atoms with Gasteiger partial charge in [-0.05, 0) is 13.0 Å². The maximum Gasteiger partial charge on any atom is 0.248 e. The molecule has 1 aromatic rings. The van der Waals surface area contributed by atoms with Gasteiger partial charge in [-0.3, -0.25) is 9.79 Å². The van der Waals surface area contributed by atoms with Gasteiger partial charge >= 0.3 is 0 Å². The molecule has 0 unspecified atom stereocenters. The Morgan fingerprint density at radius 3 is 3.08 bits per heavy atom. The monoisotopic (exact) mass is 180 g/mol. The molecular formula is C8H12N4O. The van der Waals surface area contributed by atoms with Gasteiger partial charge in [-0.15, -0.1) is 0 Å². The average Bonchev–Trinajstić information content (AvgIpc) is 2.14. The molecule has 0 fully saturated rings. The first kappa shape index (κ1) is 9.47. The van der Waals surface area contributed by atoms with Crippen LogP contribution in [0, 0.1) is 0 Å². The Morgan fingerprint density at radius 1 is 1.77 bits per heavy atom. The summed E-state index contributed by atoms with van der Waals surface area (Å²) < 4.78 is 0. The van der Waals surface area contributed by atoms with Gasteiger partial charge in [0, 0.05) is 24.4 Å². The molecule has 5 heteroatoms. The van der Waals surface area contributed by atoms with Crippen LogP contribution in [0.15, 0.2) is 28.1 Å². The average molecular weight is 180 g/mol. The van der Waals surface area contributed by atoms with E-state index in [2.05, 4.69) is 15.4 Å². The number of aliphatic imine (C=N–C) groups is 1. The Balaban J connectivity index is 3.05. The minimum Gasteiger partial charge on any atom is -0.329 e. The number of nitrogens with one attached hydrogen (secondary N) is 2. The van der Waals surface area contributed by atoms with Crippen LogP contribution < -0.4 is 16.8 Å². The molecular weight excluding hydrogens is 168 g/mol. The first-order valence-corrected chi connectivity index (χ1v) is 3.98. The highest BCUT2D eigenvalue weighted by Gasteiger charge is 1.99. The number of aromatic nitrogens is 1. The van der Waals surface area contributed by atoms with E-state index < -0.39 is 0 Å². The molecule has 0 bridgehead atoms. The van der Waals surface area contributed by atoms with Gasteiger partial charge < -0.3 is 10.4 Å². The molecule has 0 saturated heterocycles. The van der Waals surface area contributed by atoms with E-state index >= 15 is 0 Å². The Hall–Kier alpha value is -1.62. The predicted molar refractivity (Wildman–Crippen MR) is 51.5 cm³/mol. The summed E-state index contributed by atoms with van der Waals surface area (Å²) in [7, 11) is 0. The van der Waals surface area contributed by atoms with Crippen LogP contribution in [0.1, 0.15) is 12.5 Å².